The molecule has 1 amide bonds. The van der Waals surface area contributed by atoms with Gasteiger partial charge in [0, 0.05) is 12.6 Å². The van der Waals surface area contributed by atoms with Crippen LogP contribution in [0.3, 0.4) is 0 Å². The molecule has 2 aromatic rings. The fraction of sp³-hybridized carbons (Fsp3) is 0.353. The third kappa shape index (κ3) is 5.38. The third-order valence-electron chi connectivity index (χ3n) is 3.38. The first kappa shape index (κ1) is 18.0. The van der Waals surface area contributed by atoms with Crippen molar-refractivity contribution in [2.45, 2.75) is 31.7 Å². The Balaban J connectivity index is 1.93. The zero-order chi connectivity index (χ0) is 17.4. The van der Waals surface area contributed by atoms with Gasteiger partial charge in [-0.05, 0) is 24.1 Å². The first-order chi connectivity index (χ1) is 11.6. The van der Waals surface area contributed by atoms with Crippen LogP contribution in [0.1, 0.15) is 25.3 Å². The van der Waals surface area contributed by atoms with Crippen molar-refractivity contribution >= 4 is 29.1 Å². The topological polar surface area (TPSA) is 76.1 Å². The van der Waals surface area contributed by atoms with E-state index >= 15 is 0 Å². The number of nitrogens with one attached hydrogen (secondary N) is 2. The Bertz CT molecular complexity index is 664. The molecule has 0 radical (unpaired) electrons. The van der Waals surface area contributed by atoms with Gasteiger partial charge in [0.1, 0.15) is 29.1 Å². The van der Waals surface area contributed by atoms with Gasteiger partial charge in [-0.15, -0.1) is 11.6 Å². The van der Waals surface area contributed by atoms with Gasteiger partial charge in [0.25, 0.3) is 0 Å². The number of benzene rings is 1. The Morgan fingerprint density at radius 1 is 1.25 bits per heavy atom. The summed E-state index contributed by atoms with van der Waals surface area (Å²) in [4.78, 5) is 20.1. The number of hydrogen-bond donors (Lipinski definition) is 2. The number of carbonyl (C=O) groups is 1. The molecule has 1 unspecified atom stereocenters. The number of methoxy groups -OCH3 is 1. The minimum Gasteiger partial charge on any atom is -0.497 e. The van der Waals surface area contributed by atoms with Gasteiger partial charge >= 0.3 is 0 Å². The first-order valence-corrected chi connectivity index (χ1v) is 8.19. The molecule has 6 nitrogen and oxygen atoms in total. The van der Waals surface area contributed by atoms with Crippen molar-refractivity contribution < 1.29 is 9.53 Å². The third-order valence-corrected chi connectivity index (χ3v) is 3.79. The molecule has 0 bridgehead atoms. The molecule has 0 aliphatic rings. The van der Waals surface area contributed by atoms with Crippen LogP contribution in [-0.2, 0) is 11.3 Å². The van der Waals surface area contributed by atoms with E-state index in [1.165, 1.54) is 6.33 Å². The lowest BCUT2D eigenvalue weighted by molar-refractivity contribution is -0.116. The quantitative estimate of drug-likeness (QED) is 0.715. The van der Waals surface area contributed by atoms with E-state index in [1.54, 1.807) is 13.2 Å². The number of nitrogens with zero attached hydrogens (tertiary/aromatic N) is 2. The van der Waals surface area contributed by atoms with E-state index in [0.29, 0.717) is 24.6 Å². The molecule has 1 aromatic heterocycles. The van der Waals surface area contributed by atoms with Gasteiger partial charge in [0.15, 0.2) is 0 Å². The van der Waals surface area contributed by atoms with Crippen LogP contribution >= 0.6 is 11.6 Å². The minimum absolute atomic E-state index is 0.252. The number of ether oxygens (including phenoxy) is 1. The first-order valence-electron chi connectivity index (χ1n) is 7.76. The molecule has 7 heteroatoms. The van der Waals surface area contributed by atoms with Crippen LogP contribution in [0.5, 0.6) is 5.75 Å². The van der Waals surface area contributed by atoms with Crippen LogP contribution in [0.15, 0.2) is 36.7 Å². The maximum absolute atomic E-state index is 11.9. The Labute approximate surface area is 146 Å². The normalized spacial score (nSPS) is 11.6. The minimum atomic E-state index is -0.555. The van der Waals surface area contributed by atoms with Crippen LogP contribution in [0, 0.1) is 0 Å². The Morgan fingerprint density at radius 2 is 1.96 bits per heavy atom. The Kier molecular flexibility index (Phi) is 6.81. The van der Waals surface area contributed by atoms with Crippen molar-refractivity contribution in [1.82, 2.24) is 9.97 Å². The fourth-order valence-corrected chi connectivity index (χ4v) is 2.32. The van der Waals surface area contributed by atoms with Gasteiger partial charge in [-0.3, -0.25) is 4.79 Å². The summed E-state index contributed by atoms with van der Waals surface area (Å²) < 4.78 is 5.13. The molecule has 0 fully saturated rings. The lowest BCUT2D eigenvalue weighted by atomic mass is 10.2. The second kappa shape index (κ2) is 9.08. The van der Waals surface area contributed by atoms with Crippen LogP contribution in [0.4, 0.5) is 11.6 Å². The van der Waals surface area contributed by atoms with Crippen molar-refractivity contribution in [2.75, 3.05) is 17.7 Å². The summed E-state index contributed by atoms with van der Waals surface area (Å²) in [6.45, 7) is 2.58. The molecule has 1 heterocycles. The Morgan fingerprint density at radius 3 is 2.62 bits per heavy atom. The number of rotatable bonds is 8. The van der Waals surface area contributed by atoms with Crippen molar-refractivity contribution in [1.29, 1.82) is 0 Å². The standard InChI is InChI=1S/C17H21ClN4O2/c1-3-4-14(18)17(23)22-16-9-15(20-11-21-16)19-10-12-5-7-13(24-2)8-6-12/h5-9,11,14H,3-4,10H2,1-2H3,(H2,19,20,21,22,23). The summed E-state index contributed by atoms with van der Waals surface area (Å²) in [5, 5.41) is 5.34. The summed E-state index contributed by atoms with van der Waals surface area (Å²) in [6, 6.07) is 9.42. The molecule has 0 spiro atoms. The van der Waals surface area contributed by atoms with Crippen LogP contribution in [0.25, 0.3) is 0 Å². The van der Waals surface area contributed by atoms with Crippen LogP contribution in [0.2, 0.25) is 0 Å². The predicted octanol–water partition coefficient (Wildman–Crippen LogP) is 3.44. The van der Waals surface area contributed by atoms with E-state index in [-0.39, 0.29) is 5.91 Å². The molecular formula is C17H21ClN4O2. The number of alkyl halides is 1. The maximum Gasteiger partial charge on any atom is 0.243 e. The molecule has 1 atom stereocenters. The number of halogens is 1. The zero-order valence-electron chi connectivity index (χ0n) is 13.8. The number of hydrogen-bond acceptors (Lipinski definition) is 5. The lowest BCUT2D eigenvalue weighted by Crippen LogP contribution is -2.23. The van der Waals surface area contributed by atoms with Gasteiger partial charge in [0.2, 0.25) is 5.91 Å². The fourth-order valence-electron chi connectivity index (χ4n) is 2.05. The second-order valence-corrected chi connectivity index (χ2v) is 5.76. The summed E-state index contributed by atoms with van der Waals surface area (Å²) in [5.74, 6) is 1.61. The summed E-state index contributed by atoms with van der Waals surface area (Å²) in [6.07, 6.45) is 2.87. The molecule has 128 valence electrons. The van der Waals surface area contributed by atoms with E-state index in [9.17, 15) is 4.79 Å². The highest BCUT2D eigenvalue weighted by atomic mass is 35.5. The van der Waals surface area contributed by atoms with E-state index in [0.717, 1.165) is 17.7 Å². The van der Waals surface area contributed by atoms with Crippen molar-refractivity contribution in [3.8, 4) is 5.75 Å². The van der Waals surface area contributed by atoms with Gasteiger partial charge in [-0.1, -0.05) is 25.5 Å². The summed E-state index contributed by atoms with van der Waals surface area (Å²) in [7, 11) is 1.63. The average Bonchev–Trinajstić information content (AvgIpc) is 2.61. The number of aromatic nitrogens is 2. The van der Waals surface area contributed by atoms with E-state index in [4.69, 9.17) is 16.3 Å². The van der Waals surface area contributed by atoms with Crippen molar-refractivity contribution in [3.63, 3.8) is 0 Å². The predicted molar refractivity (Wildman–Crippen MR) is 95.5 cm³/mol. The van der Waals surface area contributed by atoms with E-state index < -0.39 is 5.38 Å². The number of carbonyl (C=O) groups excluding carboxylic acids is 1. The number of amides is 1. The second-order valence-electron chi connectivity index (χ2n) is 5.24. The SMILES string of the molecule is CCCC(Cl)C(=O)Nc1cc(NCc2ccc(OC)cc2)ncn1. The average molecular weight is 349 g/mol. The molecule has 24 heavy (non-hydrogen) atoms. The summed E-state index contributed by atoms with van der Waals surface area (Å²) in [5.41, 5.74) is 1.09. The highest BCUT2D eigenvalue weighted by molar-refractivity contribution is 6.32. The van der Waals surface area contributed by atoms with Crippen molar-refractivity contribution in [3.05, 3.63) is 42.2 Å². The van der Waals surface area contributed by atoms with E-state index in [2.05, 4.69) is 20.6 Å². The molecule has 0 aliphatic heterocycles. The molecule has 0 saturated carbocycles. The van der Waals surface area contributed by atoms with Gasteiger partial charge in [0.05, 0.1) is 7.11 Å². The van der Waals surface area contributed by atoms with Crippen LogP contribution < -0.4 is 15.4 Å². The molecule has 2 N–H and O–H groups in total. The Hall–Kier alpha value is -2.34. The highest BCUT2D eigenvalue weighted by Gasteiger charge is 2.14. The molecule has 2 rings (SSSR count). The van der Waals surface area contributed by atoms with Gasteiger partial charge < -0.3 is 15.4 Å². The van der Waals surface area contributed by atoms with Crippen molar-refractivity contribution in [2.24, 2.45) is 0 Å². The summed E-state index contributed by atoms with van der Waals surface area (Å²) >= 11 is 6.01. The van der Waals surface area contributed by atoms with Gasteiger partial charge in [-0.25, -0.2) is 9.97 Å². The monoisotopic (exact) mass is 348 g/mol. The molecule has 0 aliphatic carbocycles. The smallest absolute Gasteiger partial charge is 0.243 e. The van der Waals surface area contributed by atoms with Crippen LogP contribution in [-0.4, -0.2) is 28.4 Å². The van der Waals surface area contributed by atoms with E-state index in [1.807, 2.05) is 31.2 Å². The zero-order valence-corrected chi connectivity index (χ0v) is 14.5. The number of anilines is 2. The highest BCUT2D eigenvalue weighted by Crippen LogP contribution is 2.15. The molecule has 1 aromatic carbocycles. The van der Waals surface area contributed by atoms with Gasteiger partial charge in [-0.2, -0.15) is 0 Å². The molecule has 0 saturated heterocycles. The lowest BCUT2D eigenvalue weighted by Gasteiger charge is -2.10. The molecular weight excluding hydrogens is 328 g/mol. The largest absolute Gasteiger partial charge is 0.497 e. The maximum atomic E-state index is 11.9.